The van der Waals surface area contributed by atoms with Gasteiger partial charge in [-0.3, -0.25) is 19.2 Å². The highest BCUT2D eigenvalue weighted by Gasteiger charge is 2.57. The summed E-state index contributed by atoms with van der Waals surface area (Å²) in [5.74, 6) is -1.45. The van der Waals surface area contributed by atoms with E-state index in [9.17, 15) is 14.4 Å². The van der Waals surface area contributed by atoms with Crippen molar-refractivity contribution in [3.05, 3.63) is 30.5 Å². The van der Waals surface area contributed by atoms with Crippen LogP contribution in [0.2, 0.25) is 0 Å². The summed E-state index contributed by atoms with van der Waals surface area (Å²) in [4.78, 5) is 41.0. The van der Waals surface area contributed by atoms with Crippen LogP contribution in [0, 0.1) is 11.8 Å². The van der Waals surface area contributed by atoms with Crippen molar-refractivity contribution < 1.29 is 28.6 Å². The summed E-state index contributed by atoms with van der Waals surface area (Å²) in [5.41, 5.74) is 7.10. The molecule has 3 N–H and O–H groups in total. The number of methoxy groups -OCH3 is 1. The standard InChI is InChI=1S/C32H48N6O6/c1-20-16-26(42-6)12-13-28(39)21(2)30(40)43-23(4)32(5)29(22(3)34-18-20)38(31(41)44-32)15-8-7-14-37-19-27(35-36-37)24-10-9-11-25(33)17-24/h9-11,17,19-23,26,29,34H,7-8,12-16,18,33H2,1-6H3/t20-,21-,22-,23-,26+,29-,32-/m1/s1. The maximum atomic E-state index is 13.3. The van der Waals surface area contributed by atoms with Gasteiger partial charge in [0, 0.05) is 43.9 Å². The number of cyclic esters (lactones) is 1. The molecule has 12 nitrogen and oxygen atoms in total. The molecule has 44 heavy (non-hydrogen) atoms. The summed E-state index contributed by atoms with van der Waals surface area (Å²) < 4.78 is 19.3. The lowest BCUT2D eigenvalue weighted by molar-refractivity contribution is -0.167. The molecule has 0 unspecified atom stereocenters. The fraction of sp³-hybridized carbons (Fsp3) is 0.656. The third-order valence-electron chi connectivity index (χ3n) is 9.13. The van der Waals surface area contributed by atoms with Gasteiger partial charge in [-0.2, -0.15) is 0 Å². The van der Waals surface area contributed by atoms with E-state index in [1.165, 1.54) is 0 Å². The third-order valence-corrected chi connectivity index (χ3v) is 9.13. The smallest absolute Gasteiger partial charge is 0.410 e. The normalized spacial score (nSPS) is 30.7. The predicted octanol–water partition coefficient (Wildman–Crippen LogP) is 3.84. The lowest BCUT2D eigenvalue weighted by Gasteiger charge is -2.39. The van der Waals surface area contributed by atoms with Gasteiger partial charge in [0.05, 0.1) is 18.3 Å². The van der Waals surface area contributed by atoms with E-state index in [4.69, 9.17) is 19.9 Å². The van der Waals surface area contributed by atoms with Crippen LogP contribution in [0.15, 0.2) is 30.5 Å². The average molecular weight is 613 g/mol. The van der Waals surface area contributed by atoms with Crippen molar-refractivity contribution in [3.63, 3.8) is 0 Å². The summed E-state index contributed by atoms with van der Waals surface area (Å²) in [6, 6.07) is 6.93. The molecule has 0 bridgehead atoms. The Hall–Kier alpha value is -3.51. The van der Waals surface area contributed by atoms with E-state index in [2.05, 4.69) is 22.6 Å². The number of benzene rings is 1. The van der Waals surface area contributed by atoms with Crippen LogP contribution in [0.4, 0.5) is 10.5 Å². The Morgan fingerprint density at radius 1 is 1.14 bits per heavy atom. The number of hydrogen-bond acceptors (Lipinski definition) is 10. The number of fused-ring (bicyclic) bond motifs is 1. The molecule has 2 saturated heterocycles. The number of rotatable bonds is 7. The molecule has 2 aliphatic rings. The van der Waals surface area contributed by atoms with Crippen molar-refractivity contribution >= 4 is 23.5 Å². The number of aromatic nitrogens is 3. The summed E-state index contributed by atoms with van der Waals surface area (Å²) in [5, 5.41) is 12.1. The minimum absolute atomic E-state index is 0.0941. The van der Waals surface area contributed by atoms with Crippen molar-refractivity contribution in [2.45, 2.75) is 103 Å². The van der Waals surface area contributed by atoms with Gasteiger partial charge in [0.25, 0.3) is 0 Å². The molecule has 2 fully saturated rings. The summed E-state index contributed by atoms with van der Waals surface area (Å²) in [6.45, 7) is 11.1. The zero-order chi connectivity index (χ0) is 32.0. The van der Waals surface area contributed by atoms with E-state index >= 15 is 0 Å². The molecule has 0 radical (unpaired) electrons. The number of ether oxygens (including phenoxy) is 3. The molecule has 1 aromatic carbocycles. The first-order valence-corrected chi connectivity index (χ1v) is 15.7. The van der Waals surface area contributed by atoms with Gasteiger partial charge in [0.1, 0.15) is 23.5 Å². The molecule has 1 amide bonds. The molecule has 3 heterocycles. The van der Waals surface area contributed by atoms with Crippen molar-refractivity contribution in [2.75, 3.05) is 25.9 Å². The Morgan fingerprint density at radius 2 is 1.89 bits per heavy atom. The van der Waals surface area contributed by atoms with Crippen LogP contribution in [0.1, 0.15) is 66.7 Å². The average Bonchev–Trinajstić information content (AvgIpc) is 3.57. The monoisotopic (exact) mass is 612 g/mol. The number of carbonyl (C=O) groups is 3. The van der Waals surface area contributed by atoms with E-state index in [1.807, 2.05) is 44.3 Å². The number of hydrogen-bond donors (Lipinski definition) is 2. The molecule has 0 spiro atoms. The number of esters is 1. The van der Waals surface area contributed by atoms with E-state index < -0.39 is 35.7 Å². The molecule has 7 atom stereocenters. The Labute approximate surface area is 260 Å². The van der Waals surface area contributed by atoms with Crippen LogP contribution in [0.5, 0.6) is 0 Å². The fourth-order valence-electron chi connectivity index (χ4n) is 6.25. The van der Waals surface area contributed by atoms with Crippen LogP contribution in [0.3, 0.4) is 0 Å². The van der Waals surface area contributed by atoms with Gasteiger partial charge in [-0.1, -0.05) is 24.3 Å². The second-order valence-electron chi connectivity index (χ2n) is 12.6. The Kier molecular flexibility index (Phi) is 11.0. The summed E-state index contributed by atoms with van der Waals surface area (Å²) in [7, 11) is 1.65. The SMILES string of the molecule is CO[C@H]1CCC(=O)[C@@H](C)C(=O)O[C@H](C)[C@@]2(C)OC(=O)N(CCCCn3cc(-c4cccc(N)c4)nn3)[C@@H]2[C@@H](C)NC[C@H](C)C1. The van der Waals surface area contributed by atoms with Crippen LogP contribution in [0.25, 0.3) is 11.3 Å². The Morgan fingerprint density at radius 3 is 2.61 bits per heavy atom. The van der Waals surface area contributed by atoms with Gasteiger partial charge in [-0.25, -0.2) is 4.79 Å². The van der Waals surface area contributed by atoms with Crippen molar-refractivity contribution in [1.29, 1.82) is 0 Å². The van der Waals surface area contributed by atoms with Crippen LogP contribution in [-0.4, -0.2) is 87.8 Å². The number of carbonyl (C=O) groups excluding carboxylic acids is 3. The maximum Gasteiger partial charge on any atom is 0.410 e. The molecule has 0 aliphatic carbocycles. The molecule has 2 aromatic rings. The minimum atomic E-state index is -1.13. The summed E-state index contributed by atoms with van der Waals surface area (Å²) >= 11 is 0. The van der Waals surface area contributed by atoms with E-state index in [1.54, 1.807) is 30.5 Å². The number of ketones is 1. The highest BCUT2D eigenvalue weighted by atomic mass is 16.6. The zero-order valence-corrected chi connectivity index (χ0v) is 26.8. The van der Waals surface area contributed by atoms with Crippen molar-refractivity contribution in [1.82, 2.24) is 25.2 Å². The maximum absolute atomic E-state index is 13.3. The Bertz CT molecular complexity index is 1300. The van der Waals surface area contributed by atoms with Gasteiger partial charge in [0.2, 0.25) is 0 Å². The molecular weight excluding hydrogens is 564 g/mol. The van der Waals surface area contributed by atoms with Crippen LogP contribution < -0.4 is 11.1 Å². The van der Waals surface area contributed by atoms with Gasteiger partial charge < -0.3 is 25.3 Å². The zero-order valence-electron chi connectivity index (χ0n) is 26.8. The predicted molar refractivity (Wildman–Crippen MR) is 165 cm³/mol. The molecule has 12 heteroatoms. The quantitative estimate of drug-likeness (QED) is 0.204. The van der Waals surface area contributed by atoms with Gasteiger partial charge in [-0.15, -0.1) is 5.10 Å². The number of Topliss-reactive ketones (excluding diaryl/α,β-unsaturated/α-hetero) is 1. The number of nitrogens with one attached hydrogen (secondary N) is 1. The number of amides is 1. The number of nitrogens with two attached hydrogens (primary N) is 1. The topological polar surface area (TPSA) is 151 Å². The molecule has 4 rings (SSSR count). The van der Waals surface area contributed by atoms with Crippen LogP contribution in [-0.2, 0) is 30.3 Å². The minimum Gasteiger partial charge on any atom is -0.458 e. The highest BCUT2D eigenvalue weighted by molar-refractivity contribution is 5.98. The molecule has 1 aromatic heterocycles. The molecule has 0 saturated carbocycles. The van der Waals surface area contributed by atoms with Gasteiger partial charge in [0.15, 0.2) is 5.60 Å². The lowest BCUT2D eigenvalue weighted by Crippen LogP contribution is -2.60. The first-order chi connectivity index (χ1) is 20.9. The van der Waals surface area contributed by atoms with E-state index in [0.29, 0.717) is 38.2 Å². The number of anilines is 1. The number of aryl methyl sites for hydroxylation is 1. The second kappa shape index (κ2) is 14.5. The largest absolute Gasteiger partial charge is 0.458 e. The molecule has 242 valence electrons. The highest BCUT2D eigenvalue weighted by Crippen LogP contribution is 2.37. The van der Waals surface area contributed by atoms with Crippen molar-refractivity contribution in [3.8, 4) is 11.3 Å². The first-order valence-electron chi connectivity index (χ1n) is 15.7. The van der Waals surface area contributed by atoms with Crippen LogP contribution >= 0.6 is 0 Å². The molecular formula is C32H48N6O6. The number of unbranched alkanes of at least 4 members (excludes halogenated alkanes) is 1. The summed E-state index contributed by atoms with van der Waals surface area (Å²) in [6.07, 6.45) is 3.58. The Balaban J connectivity index is 1.46. The lowest BCUT2D eigenvalue weighted by atomic mass is 9.85. The van der Waals surface area contributed by atoms with Crippen molar-refractivity contribution in [2.24, 2.45) is 11.8 Å². The number of nitrogen functional groups attached to an aromatic ring is 1. The van der Waals surface area contributed by atoms with E-state index in [-0.39, 0.29) is 30.3 Å². The van der Waals surface area contributed by atoms with Gasteiger partial charge in [-0.05, 0) is 78.0 Å². The number of nitrogens with zero attached hydrogens (tertiary/aromatic N) is 4. The van der Waals surface area contributed by atoms with E-state index in [0.717, 1.165) is 24.1 Å². The first kappa shape index (κ1) is 33.4. The fourth-order valence-corrected chi connectivity index (χ4v) is 6.25. The molecule has 2 aliphatic heterocycles. The van der Waals surface area contributed by atoms with Gasteiger partial charge >= 0.3 is 12.1 Å². The third kappa shape index (κ3) is 7.76. The second-order valence-corrected chi connectivity index (χ2v) is 12.6.